The van der Waals surface area contributed by atoms with Gasteiger partial charge in [-0.2, -0.15) is 4.98 Å². The molecule has 1 amide bonds. The summed E-state index contributed by atoms with van der Waals surface area (Å²) in [5.41, 5.74) is 2.05. The largest absolute Gasteiger partial charge is 0.304 e. The van der Waals surface area contributed by atoms with Gasteiger partial charge in [-0.15, -0.1) is 5.10 Å². The first-order valence-electron chi connectivity index (χ1n) is 8.42. The topological polar surface area (TPSA) is 63.4 Å². The number of aryl methyl sites for hydroxylation is 2. The minimum Gasteiger partial charge on any atom is -0.304 e. The van der Waals surface area contributed by atoms with Crippen molar-refractivity contribution in [3.8, 4) is 0 Å². The Hall–Kier alpha value is -2.47. The molecule has 3 aromatic rings. The molecule has 0 saturated heterocycles. The lowest BCUT2D eigenvalue weighted by Gasteiger charge is -2.28. The Labute approximate surface area is 157 Å². The average molecular weight is 372 g/mol. The normalized spacial score (nSPS) is 11.8. The molecule has 136 valence electrons. The lowest BCUT2D eigenvalue weighted by Crippen LogP contribution is -2.39. The van der Waals surface area contributed by atoms with E-state index in [1.807, 2.05) is 52.8 Å². The Morgan fingerprint density at radius 2 is 1.81 bits per heavy atom. The van der Waals surface area contributed by atoms with E-state index in [1.54, 1.807) is 21.5 Å². The van der Waals surface area contributed by atoms with Crippen LogP contribution >= 0.6 is 11.6 Å². The van der Waals surface area contributed by atoms with Crippen LogP contribution in [0, 0.1) is 19.3 Å². The van der Waals surface area contributed by atoms with Crippen molar-refractivity contribution in [1.29, 1.82) is 0 Å². The van der Waals surface area contributed by atoms with Gasteiger partial charge in [-0.3, -0.25) is 4.79 Å². The number of nitrogens with zero attached hydrogens (tertiary/aromatic N) is 5. The number of aromatic nitrogens is 4. The summed E-state index contributed by atoms with van der Waals surface area (Å²) in [6, 6.07) is 9.14. The SMILES string of the molecule is Cc1cc(C)n2nc(CN(C(=O)C(C)(C)C)c3ccc(Cl)cc3)nc2n1. The molecule has 0 aliphatic rings. The van der Waals surface area contributed by atoms with Crippen LogP contribution in [0.5, 0.6) is 0 Å². The molecular formula is C19H22ClN5O. The highest BCUT2D eigenvalue weighted by atomic mass is 35.5. The second-order valence-corrected chi connectivity index (χ2v) is 7.83. The molecule has 3 rings (SSSR count). The molecule has 6 nitrogen and oxygen atoms in total. The van der Waals surface area contributed by atoms with Crippen molar-refractivity contribution in [2.24, 2.45) is 5.41 Å². The molecule has 0 aliphatic heterocycles. The number of carbonyl (C=O) groups is 1. The van der Waals surface area contributed by atoms with Gasteiger partial charge < -0.3 is 4.90 Å². The molecule has 0 aliphatic carbocycles. The standard InChI is InChI=1S/C19H22ClN5O/c1-12-10-13(2)25-18(21-12)22-16(23-25)11-24(17(26)19(3,4)5)15-8-6-14(20)7-9-15/h6-10H,11H2,1-5H3. The maximum atomic E-state index is 13.0. The summed E-state index contributed by atoms with van der Waals surface area (Å²) in [5, 5.41) is 5.15. The van der Waals surface area contributed by atoms with Crippen molar-refractivity contribution in [3.63, 3.8) is 0 Å². The Kier molecular flexibility index (Phi) is 4.71. The van der Waals surface area contributed by atoms with E-state index >= 15 is 0 Å². The lowest BCUT2D eigenvalue weighted by molar-refractivity contribution is -0.125. The highest BCUT2D eigenvalue weighted by Crippen LogP contribution is 2.26. The van der Waals surface area contributed by atoms with Gasteiger partial charge in [0.15, 0.2) is 5.82 Å². The average Bonchev–Trinajstić information content (AvgIpc) is 2.95. The fraction of sp³-hybridized carbons (Fsp3) is 0.368. The summed E-state index contributed by atoms with van der Waals surface area (Å²) < 4.78 is 1.70. The van der Waals surface area contributed by atoms with Crippen molar-refractivity contribution < 1.29 is 4.79 Å². The molecule has 2 heterocycles. The molecule has 0 fully saturated rings. The first-order valence-corrected chi connectivity index (χ1v) is 8.80. The summed E-state index contributed by atoms with van der Waals surface area (Å²) in [4.78, 5) is 23.6. The van der Waals surface area contributed by atoms with Gasteiger partial charge in [-0.1, -0.05) is 32.4 Å². The molecule has 0 saturated carbocycles. The van der Waals surface area contributed by atoms with Crippen molar-refractivity contribution >= 4 is 29.0 Å². The van der Waals surface area contributed by atoms with Crippen molar-refractivity contribution in [1.82, 2.24) is 19.6 Å². The molecule has 0 radical (unpaired) electrons. The number of hydrogen-bond donors (Lipinski definition) is 0. The van der Waals surface area contributed by atoms with Gasteiger partial charge >= 0.3 is 0 Å². The van der Waals surface area contributed by atoms with Crippen LogP contribution in [0.15, 0.2) is 30.3 Å². The number of amides is 1. The van der Waals surface area contributed by atoms with E-state index in [0.29, 0.717) is 16.6 Å². The molecule has 0 bridgehead atoms. The zero-order chi connectivity index (χ0) is 19.1. The highest BCUT2D eigenvalue weighted by Gasteiger charge is 2.29. The van der Waals surface area contributed by atoms with Crippen LogP contribution in [0.25, 0.3) is 5.78 Å². The number of hydrogen-bond acceptors (Lipinski definition) is 4. The molecule has 26 heavy (non-hydrogen) atoms. The third-order valence-electron chi connectivity index (χ3n) is 3.99. The van der Waals surface area contributed by atoms with Crippen LogP contribution in [-0.4, -0.2) is 25.5 Å². The second-order valence-electron chi connectivity index (χ2n) is 7.40. The summed E-state index contributed by atoms with van der Waals surface area (Å²) in [7, 11) is 0. The molecule has 0 spiro atoms. The Balaban J connectivity index is 2.01. The summed E-state index contributed by atoms with van der Waals surface area (Å²) >= 11 is 5.99. The molecule has 2 aromatic heterocycles. The minimum absolute atomic E-state index is 0.0143. The fourth-order valence-electron chi connectivity index (χ4n) is 2.72. The Morgan fingerprint density at radius 1 is 1.15 bits per heavy atom. The van der Waals surface area contributed by atoms with E-state index in [9.17, 15) is 4.79 Å². The number of halogens is 1. The van der Waals surface area contributed by atoms with Gasteiger partial charge in [0.05, 0.1) is 6.54 Å². The minimum atomic E-state index is -0.538. The van der Waals surface area contributed by atoms with Crippen LogP contribution in [-0.2, 0) is 11.3 Å². The van der Waals surface area contributed by atoms with Crippen LogP contribution in [0.4, 0.5) is 5.69 Å². The number of anilines is 1. The molecular weight excluding hydrogens is 350 g/mol. The predicted molar refractivity (Wildman–Crippen MR) is 102 cm³/mol. The maximum Gasteiger partial charge on any atom is 0.252 e. The van der Waals surface area contributed by atoms with E-state index in [4.69, 9.17) is 11.6 Å². The quantitative estimate of drug-likeness (QED) is 0.698. The smallest absolute Gasteiger partial charge is 0.252 e. The zero-order valence-corrected chi connectivity index (χ0v) is 16.4. The van der Waals surface area contributed by atoms with E-state index in [2.05, 4.69) is 15.1 Å². The van der Waals surface area contributed by atoms with E-state index in [0.717, 1.165) is 17.1 Å². The molecule has 0 N–H and O–H groups in total. The zero-order valence-electron chi connectivity index (χ0n) is 15.6. The first-order chi connectivity index (χ1) is 12.1. The third-order valence-corrected chi connectivity index (χ3v) is 4.24. The predicted octanol–water partition coefficient (Wildman–Crippen LogP) is 3.97. The second kappa shape index (κ2) is 6.68. The Morgan fingerprint density at radius 3 is 2.42 bits per heavy atom. The monoisotopic (exact) mass is 371 g/mol. The third kappa shape index (κ3) is 3.70. The van der Waals surface area contributed by atoms with Crippen molar-refractivity contribution in [2.45, 2.75) is 41.2 Å². The van der Waals surface area contributed by atoms with Crippen molar-refractivity contribution in [2.75, 3.05) is 4.90 Å². The summed E-state index contributed by atoms with van der Waals surface area (Å²) in [6.07, 6.45) is 0. The number of benzene rings is 1. The molecule has 7 heteroatoms. The molecule has 1 aromatic carbocycles. The maximum absolute atomic E-state index is 13.0. The van der Waals surface area contributed by atoms with Gasteiger partial charge in [0.2, 0.25) is 5.91 Å². The van der Waals surface area contributed by atoms with Crippen LogP contribution < -0.4 is 4.90 Å². The Bertz CT molecular complexity index is 956. The van der Waals surface area contributed by atoms with Gasteiger partial charge in [-0.05, 0) is 44.2 Å². The summed E-state index contributed by atoms with van der Waals surface area (Å²) in [6.45, 7) is 9.82. The van der Waals surface area contributed by atoms with E-state index < -0.39 is 5.41 Å². The van der Waals surface area contributed by atoms with Crippen LogP contribution in [0.1, 0.15) is 38.0 Å². The highest BCUT2D eigenvalue weighted by molar-refractivity contribution is 6.30. The number of fused-ring (bicyclic) bond motifs is 1. The number of carbonyl (C=O) groups excluding carboxylic acids is 1. The molecule has 0 atom stereocenters. The van der Waals surface area contributed by atoms with Crippen LogP contribution in [0.2, 0.25) is 5.02 Å². The van der Waals surface area contributed by atoms with E-state index in [-0.39, 0.29) is 12.5 Å². The van der Waals surface area contributed by atoms with Gasteiger partial charge in [0, 0.05) is 27.5 Å². The lowest BCUT2D eigenvalue weighted by atomic mass is 9.94. The first kappa shape index (κ1) is 18.3. The van der Waals surface area contributed by atoms with E-state index in [1.165, 1.54) is 0 Å². The number of rotatable bonds is 3. The van der Waals surface area contributed by atoms with Crippen LogP contribution in [0.3, 0.4) is 0 Å². The fourth-order valence-corrected chi connectivity index (χ4v) is 2.85. The van der Waals surface area contributed by atoms with Gasteiger partial charge in [-0.25, -0.2) is 9.50 Å². The summed E-state index contributed by atoms with van der Waals surface area (Å²) in [5.74, 6) is 1.06. The molecule has 0 unspecified atom stereocenters. The van der Waals surface area contributed by atoms with Gasteiger partial charge in [0.25, 0.3) is 5.78 Å². The van der Waals surface area contributed by atoms with Gasteiger partial charge in [0.1, 0.15) is 0 Å². The van der Waals surface area contributed by atoms with Crippen molar-refractivity contribution in [3.05, 3.63) is 52.6 Å².